The Morgan fingerprint density at radius 3 is 3.13 bits per heavy atom. The van der Waals surface area contributed by atoms with Crippen LogP contribution in [0, 0.1) is 0 Å². The highest BCUT2D eigenvalue weighted by molar-refractivity contribution is 5.92. The van der Waals surface area contributed by atoms with Gasteiger partial charge in [-0.25, -0.2) is 9.78 Å². The molecular weight excluding hydrogens is 194 g/mol. The first kappa shape index (κ1) is 9.39. The summed E-state index contributed by atoms with van der Waals surface area (Å²) in [5.74, 6) is -0.499. The minimum atomic E-state index is -1.07. The average molecular weight is 203 g/mol. The Hall–Kier alpha value is -2.17. The topological polar surface area (TPSA) is 78.9 Å². The molecule has 0 atom stereocenters. The monoisotopic (exact) mass is 203 g/mol. The molecule has 0 aromatic carbocycles. The number of carboxylic acids is 1. The number of rotatable bonds is 3. The van der Waals surface area contributed by atoms with Crippen LogP contribution >= 0.6 is 0 Å². The smallest absolute Gasteiger partial charge is 0.356 e. The molecule has 0 bridgehead atoms. The lowest BCUT2D eigenvalue weighted by Crippen LogP contribution is -2.08. The zero-order valence-corrected chi connectivity index (χ0v) is 7.90. The third kappa shape index (κ3) is 1.59. The van der Waals surface area contributed by atoms with Crippen molar-refractivity contribution in [3.05, 3.63) is 36.4 Å². The summed E-state index contributed by atoms with van der Waals surface area (Å²) < 4.78 is 0. The molecule has 0 spiro atoms. The molecule has 0 amide bonds. The van der Waals surface area contributed by atoms with Crippen LogP contribution in [0.15, 0.2) is 24.9 Å². The number of aromatic nitrogens is 3. The van der Waals surface area contributed by atoms with E-state index >= 15 is 0 Å². The van der Waals surface area contributed by atoms with E-state index in [0.29, 0.717) is 23.6 Å². The van der Waals surface area contributed by atoms with Gasteiger partial charge in [0, 0.05) is 12.6 Å². The minimum Gasteiger partial charge on any atom is -0.476 e. The fraction of sp³-hybridized carbons (Fsp3) is 0.100. The second kappa shape index (κ2) is 3.53. The predicted molar refractivity (Wildman–Crippen MR) is 53.9 cm³/mol. The third-order valence-corrected chi connectivity index (χ3v) is 1.99. The molecule has 5 heteroatoms. The van der Waals surface area contributed by atoms with Crippen LogP contribution in [0.2, 0.25) is 0 Å². The molecule has 0 fully saturated rings. The first-order valence-electron chi connectivity index (χ1n) is 4.40. The highest BCUT2D eigenvalue weighted by Gasteiger charge is 2.18. The Balaban J connectivity index is 2.62. The van der Waals surface area contributed by atoms with Gasteiger partial charge in [-0.05, 0) is 6.07 Å². The lowest BCUT2D eigenvalue weighted by Gasteiger charge is -2.05. The van der Waals surface area contributed by atoms with Gasteiger partial charge in [-0.3, -0.25) is 4.98 Å². The maximum atomic E-state index is 10.9. The summed E-state index contributed by atoms with van der Waals surface area (Å²) in [6, 6.07) is 1.72. The van der Waals surface area contributed by atoms with Crippen LogP contribution in [0.3, 0.4) is 0 Å². The molecule has 0 aliphatic carbocycles. The number of allylic oxidation sites excluding steroid dienone is 1. The third-order valence-electron chi connectivity index (χ3n) is 1.99. The molecule has 2 rings (SSSR count). The number of carboxylic acid groups (broad SMARTS) is 1. The molecule has 76 valence electrons. The van der Waals surface area contributed by atoms with Crippen molar-refractivity contribution in [1.29, 1.82) is 0 Å². The number of aromatic amines is 1. The number of hydrogen-bond acceptors (Lipinski definition) is 3. The van der Waals surface area contributed by atoms with Crippen molar-refractivity contribution in [3.63, 3.8) is 0 Å². The van der Waals surface area contributed by atoms with Gasteiger partial charge in [0.15, 0.2) is 5.69 Å². The number of hydrogen-bond donors (Lipinski definition) is 2. The summed E-state index contributed by atoms with van der Waals surface area (Å²) in [5, 5.41) is 8.95. The summed E-state index contributed by atoms with van der Waals surface area (Å²) in [7, 11) is 0. The van der Waals surface area contributed by atoms with Crippen LogP contribution in [0.4, 0.5) is 0 Å². The number of aromatic carboxylic acids is 1. The van der Waals surface area contributed by atoms with E-state index in [2.05, 4.69) is 21.5 Å². The van der Waals surface area contributed by atoms with Gasteiger partial charge < -0.3 is 10.1 Å². The molecule has 2 aliphatic rings. The van der Waals surface area contributed by atoms with E-state index < -0.39 is 5.97 Å². The molecule has 2 aliphatic heterocycles. The summed E-state index contributed by atoms with van der Waals surface area (Å²) >= 11 is 0. The summed E-state index contributed by atoms with van der Waals surface area (Å²) in [4.78, 5) is 21.8. The zero-order valence-electron chi connectivity index (χ0n) is 7.90. The van der Waals surface area contributed by atoms with Crippen LogP contribution in [0.25, 0.3) is 11.4 Å². The van der Waals surface area contributed by atoms with Gasteiger partial charge in [-0.2, -0.15) is 0 Å². The van der Waals surface area contributed by atoms with Crippen molar-refractivity contribution in [3.8, 4) is 11.4 Å². The first-order chi connectivity index (χ1) is 7.22. The van der Waals surface area contributed by atoms with Gasteiger partial charge in [-0.15, -0.1) is 6.58 Å². The van der Waals surface area contributed by atoms with Crippen LogP contribution in [-0.2, 0) is 6.42 Å². The van der Waals surface area contributed by atoms with Gasteiger partial charge in [0.25, 0.3) is 0 Å². The number of nitrogens with zero attached hydrogens (tertiary/aromatic N) is 2. The Kier molecular flexibility index (Phi) is 2.21. The Bertz CT molecular complexity index is 490. The van der Waals surface area contributed by atoms with Gasteiger partial charge in [0.1, 0.15) is 11.5 Å². The number of nitrogens with one attached hydrogen (secondary N) is 1. The fourth-order valence-corrected chi connectivity index (χ4v) is 1.38. The minimum absolute atomic E-state index is 0.0226. The van der Waals surface area contributed by atoms with E-state index in [1.807, 2.05) is 0 Å². The molecule has 15 heavy (non-hydrogen) atoms. The van der Waals surface area contributed by atoms with E-state index in [4.69, 9.17) is 5.11 Å². The number of H-pyrrole nitrogens is 1. The van der Waals surface area contributed by atoms with E-state index in [9.17, 15) is 4.79 Å². The van der Waals surface area contributed by atoms with Crippen molar-refractivity contribution >= 4 is 5.97 Å². The molecule has 0 aromatic heterocycles. The van der Waals surface area contributed by atoms with Gasteiger partial charge in [-0.1, -0.05) is 6.08 Å². The molecule has 2 heterocycles. The van der Waals surface area contributed by atoms with Crippen molar-refractivity contribution in [1.82, 2.24) is 15.0 Å². The lowest BCUT2D eigenvalue weighted by molar-refractivity contribution is 0.0690. The summed E-state index contributed by atoms with van der Waals surface area (Å²) in [6.07, 6.45) is 3.71. The number of carbonyl (C=O) groups is 1. The molecular formula is C10H9N3O2. The fourth-order valence-electron chi connectivity index (χ4n) is 1.38. The lowest BCUT2D eigenvalue weighted by atomic mass is 10.2. The second-order valence-electron chi connectivity index (χ2n) is 3.04. The van der Waals surface area contributed by atoms with E-state index in [1.54, 1.807) is 18.3 Å². The normalized spacial score (nSPS) is 10.4. The largest absolute Gasteiger partial charge is 0.476 e. The number of fused-ring (bicyclic) bond motifs is 1. The van der Waals surface area contributed by atoms with E-state index in [-0.39, 0.29) is 5.69 Å². The highest BCUT2D eigenvalue weighted by atomic mass is 16.4. The Morgan fingerprint density at radius 2 is 2.47 bits per heavy atom. The maximum absolute atomic E-state index is 10.9. The van der Waals surface area contributed by atoms with Crippen molar-refractivity contribution in [2.75, 3.05) is 0 Å². The summed E-state index contributed by atoms with van der Waals surface area (Å²) in [5.41, 5.74) is 1.04. The van der Waals surface area contributed by atoms with Gasteiger partial charge in [0.05, 0.1) is 5.69 Å². The average Bonchev–Trinajstić information content (AvgIpc) is 2.64. The van der Waals surface area contributed by atoms with E-state index in [1.165, 1.54) is 0 Å². The molecule has 0 unspecified atom stereocenters. The van der Waals surface area contributed by atoms with E-state index in [0.717, 1.165) is 0 Å². The SMILES string of the molecule is C=CCc1nc(C(=O)O)c2nccc-2[nH]1. The van der Waals surface area contributed by atoms with Gasteiger partial charge in [0.2, 0.25) is 0 Å². The molecule has 0 saturated carbocycles. The van der Waals surface area contributed by atoms with Gasteiger partial charge >= 0.3 is 5.97 Å². The molecule has 0 radical (unpaired) electrons. The van der Waals surface area contributed by atoms with Crippen LogP contribution in [0.1, 0.15) is 16.3 Å². The summed E-state index contributed by atoms with van der Waals surface area (Å²) in [6.45, 7) is 3.58. The standard InChI is InChI=1S/C10H9N3O2/c1-2-3-7-12-6-4-5-11-8(6)9(13-7)10(14)15/h2,4-5H,1,3H2,(H,12,13)(H,14,15). The van der Waals surface area contributed by atoms with Crippen molar-refractivity contribution in [2.45, 2.75) is 6.42 Å². The molecule has 5 nitrogen and oxygen atoms in total. The van der Waals surface area contributed by atoms with Crippen LogP contribution < -0.4 is 0 Å². The Labute approximate surface area is 85.8 Å². The molecule has 0 aromatic rings. The zero-order chi connectivity index (χ0) is 10.8. The maximum Gasteiger partial charge on any atom is 0.356 e. The first-order valence-corrected chi connectivity index (χ1v) is 4.40. The van der Waals surface area contributed by atoms with Crippen molar-refractivity contribution in [2.24, 2.45) is 0 Å². The van der Waals surface area contributed by atoms with Crippen LogP contribution in [-0.4, -0.2) is 26.0 Å². The highest BCUT2D eigenvalue weighted by Crippen LogP contribution is 2.20. The van der Waals surface area contributed by atoms with Crippen LogP contribution in [0.5, 0.6) is 0 Å². The molecule has 0 saturated heterocycles. The predicted octanol–water partition coefficient (Wildman–Crippen LogP) is 1.34. The Morgan fingerprint density at radius 1 is 1.67 bits per heavy atom. The second-order valence-corrected chi connectivity index (χ2v) is 3.04. The quantitative estimate of drug-likeness (QED) is 0.737. The molecule has 2 N–H and O–H groups in total. The van der Waals surface area contributed by atoms with Crippen molar-refractivity contribution < 1.29 is 9.90 Å².